The van der Waals surface area contributed by atoms with Crippen molar-refractivity contribution in [1.82, 2.24) is 20.2 Å². The lowest BCUT2D eigenvalue weighted by Gasteiger charge is -2.03. The van der Waals surface area contributed by atoms with E-state index in [1.54, 1.807) is 22.8 Å². The molecule has 0 aliphatic carbocycles. The largest absolute Gasteiger partial charge is 0.324 e. The summed E-state index contributed by atoms with van der Waals surface area (Å²) in [5.41, 5.74) is 3.24. The molecule has 12 heteroatoms. The molecule has 0 aliphatic heterocycles. The molecule has 0 fully saturated rings. The summed E-state index contributed by atoms with van der Waals surface area (Å²) in [6.07, 6.45) is 1.36. The third-order valence-electron chi connectivity index (χ3n) is 3.44. The first-order chi connectivity index (χ1) is 13.4. The van der Waals surface area contributed by atoms with Crippen molar-refractivity contribution in [3.05, 3.63) is 56.4 Å². The zero-order valence-corrected chi connectivity index (χ0v) is 16.8. The molecule has 0 atom stereocenters. The van der Waals surface area contributed by atoms with Gasteiger partial charge in [0.15, 0.2) is 11.0 Å². The molecule has 0 radical (unpaired) electrons. The van der Waals surface area contributed by atoms with Crippen LogP contribution in [-0.2, 0) is 11.8 Å². The summed E-state index contributed by atoms with van der Waals surface area (Å²) in [6.45, 7) is 0. The van der Waals surface area contributed by atoms with Gasteiger partial charge in [-0.1, -0.05) is 34.7 Å². The molecule has 28 heavy (non-hydrogen) atoms. The van der Waals surface area contributed by atoms with E-state index in [1.807, 2.05) is 19.2 Å². The molecular formula is C16H13ClN6O3S2. The van der Waals surface area contributed by atoms with Gasteiger partial charge in [0, 0.05) is 23.7 Å². The number of thioether (sulfide) groups is 1. The van der Waals surface area contributed by atoms with Crippen LogP contribution in [0.1, 0.15) is 4.88 Å². The highest BCUT2D eigenvalue weighted by molar-refractivity contribution is 7.99. The van der Waals surface area contributed by atoms with E-state index in [-0.39, 0.29) is 16.7 Å². The summed E-state index contributed by atoms with van der Waals surface area (Å²) in [6, 6.07) is 10.2. The maximum absolute atomic E-state index is 11.9. The SMILES string of the molecule is Cn1c(SCC(=O)N/N=C/c2ccc([N+](=O)[O-])s2)nnc1-c1ccc(Cl)cc1. The Morgan fingerprint density at radius 1 is 1.36 bits per heavy atom. The fourth-order valence-corrected chi connectivity index (χ4v) is 3.65. The molecule has 1 amide bonds. The first-order valence-corrected chi connectivity index (χ1v) is 9.96. The van der Waals surface area contributed by atoms with Crippen LogP contribution in [0.5, 0.6) is 0 Å². The Balaban J connectivity index is 1.54. The van der Waals surface area contributed by atoms with Gasteiger partial charge in [-0.3, -0.25) is 14.9 Å². The summed E-state index contributed by atoms with van der Waals surface area (Å²) >= 11 is 8.08. The number of carbonyl (C=O) groups is 1. The minimum absolute atomic E-state index is 0.0158. The highest BCUT2D eigenvalue weighted by Gasteiger charge is 2.13. The zero-order valence-electron chi connectivity index (χ0n) is 14.4. The van der Waals surface area contributed by atoms with Crippen LogP contribution in [0.2, 0.25) is 5.02 Å². The standard InChI is InChI=1S/C16H13ClN6O3S2/c1-22-15(10-2-4-11(17)5-3-10)20-21-16(22)27-9-13(24)19-18-8-12-6-7-14(28-12)23(25)26/h2-8H,9H2,1H3,(H,19,24)/b18-8+. The van der Waals surface area contributed by atoms with Crippen LogP contribution < -0.4 is 5.43 Å². The lowest BCUT2D eigenvalue weighted by molar-refractivity contribution is -0.380. The monoisotopic (exact) mass is 436 g/mol. The van der Waals surface area contributed by atoms with E-state index in [4.69, 9.17) is 11.6 Å². The fourth-order valence-electron chi connectivity index (χ4n) is 2.13. The van der Waals surface area contributed by atoms with E-state index in [1.165, 1.54) is 24.0 Å². The summed E-state index contributed by atoms with van der Waals surface area (Å²) in [5, 5.41) is 23.9. The van der Waals surface area contributed by atoms with Gasteiger partial charge in [-0.25, -0.2) is 5.43 Å². The molecule has 3 rings (SSSR count). The van der Waals surface area contributed by atoms with E-state index < -0.39 is 4.92 Å². The number of hydrogen-bond acceptors (Lipinski definition) is 8. The van der Waals surface area contributed by atoms with Crippen molar-refractivity contribution in [3.8, 4) is 11.4 Å². The number of nitro groups is 1. The van der Waals surface area contributed by atoms with Gasteiger partial charge in [-0.2, -0.15) is 5.10 Å². The molecule has 0 saturated heterocycles. The predicted octanol–water partition coefficient (Wildman–Crippen LogP) is 3.35. The summed E-state index contributed by atoms with van der Waals surface area (Å²) in [5.74, 6) is 0.425. The number of halogens is 1. The number of thiophene rings is 1. The Labute approximate surface area is 172 Å². The second-order valence-corrected chi connectivity index (χ2v) is 7.86. The second kappa shape index (κ2) is 8.95. The topological polar surface area (TPSA) is 115 Å². The average Bonchev–Trinajstić information content (AvgIpc) is 3.28. The normalized spacial score (nSPS) is 11.1. The van der Waals surface area contributed by atoms with Crippen molar-refractivity contribution in [2.45, 2.75) is 5.16 Å². The van der Waals surface area contributed by atoms with Crippen molar-refractivity contribution < 1.29 is 9.72 Å². The molecule has 1 aromatic carbocycles. The Bertz CT molecular complexity index is 1030. The van der Waals surface area contributed by atoms with Gasteiger partial charge in [-0.05, 0) is 30.3 Å². The summed E-state index contributed by atoms with van der Waals surface area (Å²) < 4.78 is 1.79. The third kappa shape index (κ3) is 4.94. The van der Waals surface area contributed by atoms with Crippen molar-refractivity contribution >= 4 is 51.8 Å². The quantitative estimate of drug-likeness (QED) is 0.263. The van der Waals surface area contributed by atoms with E-state index in [2.05, 4.69) is 20.7 Å². The van der Waals surface area contributed by atoms with E-state index >= 15 is 0 Å². The number of nitrogens with zero attached hydrogens (tertiary/aromatic N) is 5. The minimum atomic E-state index is -0.476. The van der Waals surface area contributed by atoms with Gasteiger partial charge in [0.05, 0.1) is 21.8 Å². The molecule has 2 heterocycles. The average molecular weight is 437 g/mol. The Morgan fingerprint density at radius 3 is 2.79 bits per heavy atom. The molecule has 0 aliphatic rings. The van der Waals surface area contributed by atoms with Gasteiger partial charge in [0.2, 0.25) is 0 Å². The van der Waals surface area contributed by atoms with Gasteiger partial charge < -0.3 is 4.57 Å². The smallest absolute Gasteiger partial charge is 0.305 e. The number of benzene rings is 1. The molecule has 1 N–H and O–H groups in total. The zero-order chi connectivity index (χ0) is 20.1. The molecule has 0 bridgehead atoms. The van der Waals surface area contributed by atoms with Crippen LogP contribution in [0.15, 0.2) is 46.7 Å². The van der Waals surface area contributed by atoms with Gasteiger partial charge >= 0.3 is 5.00 Å². The van der Waals surface area contributed by atoms with Crippen LogP contribution in [0.4, 0.5) is 5.00 Å². The maximum atomic E-state index is 11.9. The van der Waals surface area contributed by atoms with Crippen molar-refractivity contribution in [2.24, 2.45) is 12.1 Å². The molecule has 2 aromatic heterocycles. The van der Waals surface area contributed by atoms with Gasteiger partial charge in [0.25, 0.3) is 5.91 Å². The van der Waals surface area contributed by atoms with Gasteiger partial charge in [-0.15, -0.1) is 10.2 Å². The van der Waals surface area contributed by atoms with E-state index in [0.717, 1.165) is 16.9 Å². The van der Waals surface area contributed by atoms with E-state index in [0.29, 0.717) is 20.9 Å². The number of hydrazone groups is 1. The third-order valence-corrected chi connectivity index (χ3v) is 5.69. The minimum Gasteiger partial charge on any atom is -0.305 e. The maximum Gasteiger partial charge on any atom is 0.324 e. The van der Waals surface area contributed by atoms with Crippen LogP contribution in [0.25, 0.3) is 11.4 Å². The number of aromatic nitrogens is 3. The number of nitrogens with one attached hydrogen (secondary N) is 1. The van der Waals surface area contributed by atoms with Crippen LogP contribution in [0.3, 0.4) is 0 Å². The van der Waals surface area contributed by atoms with Crippen molar-refractivity contribution in [1.29, 1.82) is 0 Å². The molecule has 3 aromatic rings. The fraction of sp³-hybridized carbons (Fsp3) is 0.125. The molecule has 144 valence electrons. The lowest BCUT2D eigenvalue weighted by atomic mass is 10.2. The van der Waals surface area contributed by atoms with Crippen molar-refractivity contribution in [3.63, 3.8) is 0 Å². The predicted molar refractivity (Wildman–Crippen MR) is 109 cm³/mol. The number of carbonyl (C=O) groups excluding carboxylic acids is 1. The number of rotatable bonds is 7. The molecule has 0 spiro atoms. The summed E-state index contributed by atoms with van der Waals surface area (Å²) in [7, 11) is 1.81. The van der Waals surface area contributed by atoms with E-state index in [9.17, 15) is 14.9 Å². The second-order valence-electron chi connectivity index (χ2n) is 5.39. The van der Waals surface area contributed by atoms with Crippen molar-refractivity contribution in [2.75, 3.05) is 5.75 Å². The Morgan fingerprint density at radius 2 is 2.11 bits per heavy atom. The number of hydrogen-bond donors (Lipinski definition) is 1. The van der Waals surface area contributed by atoms with Gasteiger partial charge in [0.1, 0.15) is 0 Å². The molecular weight excluding hydrogens is 424 g/mol. The molecule has 9 nitrogen and oxygen atoms in total. The highest BCUT2D eigenvalue weighted by atomic mass is 35.5. The first kappa shape index (κ1) is 20.0. The first-order valence-electron chi connectivity index (χ1n) is 7.78. The highest BCUT2D eigenvalue weighted by Crippen LogP contribution is 2.24. The Kier molecular flexibility index (Phi) is 6.39. The lowest BCUT2D eigenvalue weighted by Crippen LogP contribution is -2.19. The van der Waals surface area contributed by atoms with Crippen LogP contribution in [-0.4, -0.2) is 37.6 Å². The summed E-state index contributed by atoms with van der Waals surface area (Å²) in [4.78, 5) is 22.6. The molecule has 0 saturated carbocycles. The molecule has 0 unspecified atom stereocenters. The van der Waals surface area contributed by atoms with Crippen LogP contribution in [0, 0.1) is 10.1 Å². The number of amides is 1. The van der Waals surface area contributed by atoms with Crippen LogP contribution >= 0.6 is 34.7 Å². The Hall–Kier alpha value is -2.76.